The van der Waals surface area contributed by atoms with Gasteiger partial charge < -0.3 is 28.1 Å². The average molecular weight is 703 g/mol. The lowest BCUT2D eigenvalue weighted by Gasteiger charge is -2.61. The molecule has 0 radical (unpaired) electrons. The van der Waals surface area contributed by atoms with Gasteiger partial charge in [0.15, 0.2) is 14.1 Å². The number of fused-ring (bicyclic) bond motifs is 7. The topological polar surface area (TPSA) is 107 Å². The molecule has 0 bridgehead atoms. The number of carbonyl (C=O) groups excluding carboxylic acids is 3. The number of hydrogen-bond donors (Lipinski definition) is 0. The Hall–Kier alpha value is -1.75. The molecule has 9 nitrogen and oxygen atoms in total. The van der Waals surface area contributed by atoms with Crippen LogP contribution in [0.5, 0.6) is 0 Å². The molecule has 49 heavy (non-hydrogen) atoms. The van der Waals surface area contributed by atoms with Gasteiger partial charge in [0.2, 0.25) is 0 Å². The molecule has 5 fully saturated rings. The fourth-order valence-electron chi connectivity index (χ4n) is 11.3. The fourth-order valence-corrected chi connectivity index (χ4v) is 12.6. The minimum atomic E-state index is -2.27. The van der Waals surface area contributed by atoms with Crippen molar-refractivity contribution in [1.29, 1.82) is 0 Å². The number of rotatable bonds is 6. The van der Waals surface area contributed by atoms with Gasteiger partial charge in [-0.15, -0.1) is 0 Å². The van der Waals surface area contributed by atoms with Gasteiger partial charge in [-0.2, -0.15) is 0 Å². The summed E-state index contributed by atoms with van der Waals surface area (Å²) in [5, 5.41) is -0.0229. The highest BCUT2D eigenvalue weighted by atomic mass is 28.4. The smallest absolute Gasteiger partial charge is 0.302 e. The first kappa shape index (κ1) is 37.0. The van der Waals surface area contributed by atoms with Gasteiger partial charge in [0.25, 0.3) is 0 Å². The van der Waals surface area contributed by atoms with Crippen molar-refractivity contribution >= 4 is 26.2 Å². The van der Waals surface area contributed by atoms with Gasteiger partial charge in [-0.05, 0) is 86.7 Å². The highest BCUT2D eigenvalue weighted by Crippen LogP contribution is 2.71. The molecule has 4 aliphatic carbocycles. The molecule has 0 aromatic rings. The van der Waals surface area contributed by atoms with Crippen molar-refractivity contribution < 1.29 is 42.5 Å². The van der Waals surface area contributed by atoms with Gasteiger partial charge in [-0.3, -0.25) is 14.4 Å². The second kappa shape index (κ2) is 12.2. The molecule has 0 unspecified atom stereocenters. The van der Waals surface area contributed by atoms with Crippen molar-refractivity contribution in [2.75, 3.05) is 6.61 Å². The molecule has 0 aromatic heterocycles. The third-order valence-electron chi connectivity index (χ3n) is 14.6. The summed E-state index contributed by atoms with van der Waals surface area (Å²) in [6.07, 6.45) is 7.79. The number of esters is 3. The van der Waals surface area contributed by atoms with Gasteiger partial charge in [-0.1, -0.05) is 53.2 Å². The summed E-state index contributed by atoms with van der Waals surface area (Å²) in [4.78, 5) is 36.6. The number of carbonyl (C=O) groups is 3. The molecule has 3 saturated carbocycles. The van der Waals surface area contributed by atoms with E-state index in [1.165, 1.54) is 26.3 Å². The number of ether oxygens (including phenoxy) is 5. The zero-order valence-corrected chi connectivity index (χ0v) is 33.1. The molecule has 0 N–H and O–H groups in total. The second-order valence-corrected chi connectivity index (χ2v) is 23.5. The van der Waals surface area contributed by atoms with Crippen LogP contribution in [-0.2, 0) is 42.5 Å². The van der Waals surface area contributed by atoms with Gasteiger partial charge in [0, 0.05) is 44.4 Å². The Morgan fingerprint density at radius 1 is 0.939 bits per heavy atom. The van der Waals surface area contributed by atoms with E-state index in [4.69, 9.17) is 28.1 Å². The van der Waals surface area contributed by atoms with Crippen molar-refractivity contribution in [1.82, 2.24) is 0 Å². The van der Waals surface area contributed by atoms with Gasteiger partial charge >= 0.3 is 17.9 Å². The first-order valence-electron chi connectivity index (χ1n) is 18.8. The van der Waals surface area contributed by atoms with E-state index in [9.17, 15) is 14.4 Å². The van der Waals surface area contributed by atoms with Crippen molar-refractivity contribution in [3.05, 3.63) is 11.6 Å². The quantitative estimate of drug-likeness (QED) is 0.120. The van der Waals surface area contributed by atoms with Gasteiger partial charge in [-0.25, -0.2) is 0 Å². The summed E-state index contributed by atoms with van der Waals surface area (Å²) in [6.45, 7) is 24.8. The van der Waals surface area contributed by atoms with Crippen LogP contribution >= 0.6 is 0 Å². The Bertz CT molecular complexity index is 1390. The van der Waals surface area contributed by atoms with Crippen LogP contribution < -0.4 is 0 Å². The second-order valence-electron chi connectivity index (χ2n) is 18.8. The van der Waals surface area contributed by atoms with Crippen molar-refractivity contribution in [3.63, 3.8) is 0 Å². The lowest BCUT2D eigenvalue weighted by molar-refractivity contribution is -0.277. The van der Waals surface area contributed by atoms with Crippen LogP contribution in [0.4, 0.5) is 0 Å². The fraction of sp³-hybridized carbons (Fsp3) is 0.872. The van der Waals surface area contributed by atoms with Crippen LogP contribution in [0.25, 0.3) is 0 Å². The first-order chi connectivity index (χ1) is 22.6. The number of hydrogen-bond acceptors (Lipinski definition) is 9. The van der Waals surface area contributed by atoms with Crippen LogP contribution in [0.2, 0.25) is 18.1 Å². The molecule has 2 heterocycles. The molecular weight excluding hydrogens is 641 g/mol. The normalized spacial score (nSPS) is 45.9. The molecule has 2 aliphatic heterocycles. The summed E-state index contributed by atoms with van der Waals surface area (Å²) in [5.41, 5.74) is 0.249. The molecule has 6 aliphatic rings. The van der Waals surface area contributed by atoms with Gasteiger partial charge in [0.1, 0.15) is 30.5 Å². The Kier molecular flexibility index (Phi) is 9.19. The Labute approximate surface area is 295 Å². The third-order valence-corrected chi connectivity index (χ3v) is 19.1. The van der Waals surface area contributed by atoms with E-state index in [2.05, 4.69) is 60.7 Å². The zero-order valence-electron chi connectivity index (χ0n) is 32.1. The van der Waals surface area contributed by atoms with Crippen LogP contribution in [0.3, 0.4) is 0 Å². The van der Waals surface area contributed by atoms with E-state index in [0.29, 0.717) is 24.2 Å². The van der Waals surface area contributed by atoms with Crippen LogP contribution in [0.1, 0.15) is 114 Å². The molecule has 0 amide bonds. The summed E-state index contributed by atoms with van der Waals surface area (Å²) >= 11 is 0. The summed E-state index contributed by atoms with van der Waals surface area (Å²) in [6, 6.07) is 0. The van der Waals surface area contributed by atoms with Crippen LogP contribution in [0.15, 0.2) is 11.6 Å². The van der Waals surface area contributed by atoms with Gasteiger partial charge in [0.05, 0.1) is 6.10 Å². The first-order valence-corrected chi connectivity index (χ1v) is 21.7. The minimum absolute atomic E-state index is 0.0135. The standard InChI is InChI=1S/C39H62O9Si/c1-22-34-31(46-39(22)33(47-49(11,12)35(5,6)7)20-36(8,48-39)21-43-23(2)40)18-30-28-14-13-26-17-27(44-24(3)41)15-16-37(26,9)29(28)19-32(38(30,34)10)45-25(4)42/h18,22,26-29,31-34H,13-17,19-21H2,1-12H3/t22-,26-,27-,28+,29-,31-,32+,33+,34-,36-,37-,38+,39+/m0/s1. The maximum absolute atomic E-state index is 12.8. The molecule has 1 spiro atoms. The summed E-state index contributed by atoms with van der Waals surface area (Å²) < 4.78 is 39.2. The Morgan fingerprint density at radius 3 is 2.22 bits per heavy atom. The molecule has 276 valence electrons. The molecule has 13 atom stereocenters. The molecular formula is C39H62O9Si. The third kappa shape index (κ3) is 5.96. The SMILES string of the molecule is CC(=O)OC[C@]1(C)C[C@@H](O[Si](C)(C)C(C)(C)C)[C@]2(O[C@H]3C=C4[C@@H]5CC[C@H]6C[C@@H](OC(C)=O)CC[C@]6(C)[C@H]5C[C@@H](OC(C)=O)[C@]4(C)[C@H]3[C@@H]2C)O1. The predicted octanol–water partition coefficient (Wildman–Crippen LogP) is 7.51. The average Bonchev–Trinajstić information content (AvgIpc) is 3.53. The van der Waals surface area contributed by atoms with Crippen molar-refractivity contribution in [3.8, 4) is 0 Å². The maximum Gasteiger partial charge on any atom is 0.302 e. The monoisotopic (exact) mass is 702 g/mol. The van der Waals surface area contributed by atoms with E-state index >= 15 is 0 Å². The molecule has 2 saturated heterocycles. The lowest BCUT2D eigenvalue weighted by atomic mass is 9.45. The van der Waals surface area contributed by atoms with Crippen molar-refractivity contribution in [2.24, 2.45) is 40.4 Å². The molecule has 0 aromatic carbocycles. The highest BCUT2D eigenvalue weighted by Gasteiger charge is 2.74. The highest BCUT2D eigenvalue weighted by molar-refractivity contribution is 6.74. The zero-order chi connectivity index (χ0) is 36.1. The molecule has 6 rings (SSSR count). The maximum atomic E-state index is 12.8. The van der Waals surface area contributed by atoms with E-state index < -0.39 is 25.1 Å². The Balaban J connectivity index is 1.36. The minimum Gasteiger partial charge on any atom is -0.463 e. The largest absolute Gasteiger partial charge is 0.463 e. The summed E-state index contributed by atoms with van der Waals surface area (Å²) in [7, 11) is -2.27. The molecule has 10 heteroatoms. The predicted molar refractivity (Wildman–Crippen MR) is 187 cm³/mol. The van der Waals surface area contributed by atoms with Crippen LogP contribution in [0, 0.1) is 40.4 Å². The van der Waals surface area contributed by atoms with Crippen molar-refractivity contribution in [2.45, 2.75) is 168 Å². The van der Waals surface area contributed by atoms with Crippen LogP contribution in [-0.4, -0.2) is 68.6 Å². The van der Waals surface area contributed by atoms with E-state index in [0.717, 1.165) is 38.5 Å². The lowest BCUT2D eigenvalue weighted by Crippen LogP contribution is -2.59. The van der Waals surface area contributed by atoms with E-state index in [1.807, 2.05) is 6.92 Å². The Morgan fingerprint density at radius 2 is 1.61 bits per heavy atom. The van der Waals surface area contributed by atoms with E-state index in [1.54, 1.807) is 0 Å². The van der Waals surface area contributed by atoms with E-state index in [-0.39, 0.29) is 71.2 Å². The summed E-state index contributed by atoms with van der Waals surface area (Å²) in [5.74, 6) is -0.713.